The lowest BCUT2D eigenvalue weighted by molar-refractivity contribution is 0.916. The Labute approximate surface area is 53.0 Å². The third-order valence-corrected chi connectivity index (χ3v) is 0.968. The second-order valence-electron chi connectivity index (χ2n) is 1.53. The molecule has 0 saturated heterocycles. The normalized spacial score (nSPS) is 11.9. The van der Waals surface area contributed by atoms with Crippen molar-refractivity contribution in [2.75, 3.05) is 7.05 Å². The van der Waals surface area contributed by atoms with Crippen LogP contribution in [0.1, 0.15) is 0 Å². The first-order valence-corrected chi connectivity index (χ1v) is 2.57. The van der Waals surface area contributed by atoms with E-state index in [9.17, 15) is 0 Å². The minimum Gasteiger partial charge on any atom is -0.368 e. The summed E-state index contributed by atoms with van der Waals surface area (Å²) in [5.41, 5.74) is 5.39. The van der Waals surface area contributed by atoms with Gasteiger partial charge in [0.25, 0.3) is 0 Å². The topological polar surface area (TPSA) is 56.2 Å². The van der Waals surface area contributed by atoms with Gasteiger partial charge in [-0.25, -0.2) is 4.68 Å². The van der Waals surface area contributed by atoms with Crippen LogP contribution in [0.15, 0.2) is 23.5 Å². The maximum absolute atomic E-state index is 5.39. The van der Waals surface area contributed by atoms with Gasteiger partial charge in [-0.15, -0.1) is 0 Å². The van der Waals surface area contributed by atoms with Gasteiger partial charge in [0.15, 0.2) is 0 Å². The SMILES string of the molecule is C/N=C(/N)n1cccn1. The summed E-state index contributed by atoms with van der Waals surface area (Å²) >= 11 is 0. The summed E-state index contributed by atoms with van der Waals surface area (Å²) in [6, 6.07) is 1.79. The lowest BCUT2D eigenvalue weighted by Gasteiger charge is -1.94. The van der Waals surface area contributed by atoms with Gasteiger partial charge in [0, 0.05) is 19.4 Å². The van der Waals surface area contributed by atoms with Gasteiger partial charge in [0.2, 0.25) is 5.96 Å². The lowest BCUT2D eigenvalue weighted by Crippen LogP contribution is -2.22. The molecule has 0 aromatic carbocycles. The Bertz CT molecular complexity index is 199. The third kappa shape index (κ3) is 1.07. The van der Waals surface area contributed by atoms with Crippen LogP contribution in [0.2, 0.25) is 0 Å². The number of nitrogens with zero attached hydrogens (tertiary/aromatic N) is 3. The standard InChI is InChI=1S/C5H8N4/c1-7-5(6)9-4-2-3-8-9/h2-4H,1H3,(H2,6,7). The number of hydrogen-bond donors (Lipinski definition) is 1. The molecule has 0 aliphatic rings. The van der Waals surface area contributed by atoms with Crippen molar-refractivity contribution in [3.8, 4) is 0 Å². The van der Waals surface area contributed by atoms with E-state index >= 15 is 0 Å². The van der Waals surface area contributed by atoms with E-state index in [1.54, 1.807) is 25.5 Å². The number of aliphatic imine (C=N–C) groups is 1. The smallest absolute Gasteiger partial charge is 0.216 e. The number of nitrogens with two attached hydrogens (primary N) is 1. The van der Waals surface area contributed by atoms with Crippen LogP contribution in [0, 0.1) is 0 Å². The average molecular weight is 124 g/mol. The first kappa shape index (κ1) is 5.81. The molecule has 1 rings (SSSR count). The minimum atomic E-state index is 0.403. The fourth-order valence-corrected chi connectivity index (χ4v) is 0.507. The second-order valence-corrected chi connectivity index (χ2v) is 1.53. The highest BCUT2D eigenvalue weighted by Crippen LogP contribution is 1.79. The largest absolute Gasteiger partial charge is 0.368 e. The van der Waals surface area contributed by atoms with Crippen LogP contribution in [0.3, 0.4) is 0 Å². The Kier molecular flexibility index (Phi) is 1.48. The van der Waals surface area contributed by atoms with Crippen molar-refractivity contribution >= 4 is 5.96 Å². The lowest BCUT2D eigenvalue weighted by atomic mass is 10.7. The van der Waals surface area contributed by atoms with Gasteiger partial charge >= 0.3 is 0 Å². The average Bonchev–Trinajstić information content (AvgIpc) is 2.37. The highest BCUT2D eigenvalue weighted by atomic mass is 15.3. The van der Waals surface area contributed by atoms with E-state index in [0.717, 1.165) is 0 Å². The fourth-order valence-electron chi connectivity index (χ4n) is 0.507. The van der Waals surface area contributed by atoms with E-state index in [4.69, 9.17) is 5.73 Å². The summed E-state index contributed by atoms with van der Waals surface area (Å²) in [6.45, 7) is 0. The molecule has 1 aromatic heterocycles. The zero-order chi connectivity index (χ0) is 6.69. The molecule has 0 aliphatic heterocycles. The summed E-state index contributed by atoms with van der Waals surface area (Å²) < 4.78 is 1.50. The zero-order valence-electron chi connectivity index (χ0n) is 5.15. The Morgan fingerprint density at radius 2 is 2.56 bits per heavy atom. The summed E-state index contributed by atoms with van der Waals surface area (Å²) in [4.78, 5) is 3.73. The van der Waals surface area contributed by atoms with Crippen molar-refractivity contribution in [3.05, 3.63) is 18.5 Å². The van der Waals surface area contributed by atoms with Gasteiger partial charge in [-0.2, -0.15) is 5.10 Å². The van der Waals surface area contributed by atoms with Crippen LogP contribution < -0.4 is 5.73 Å². The highest BCUT2D eigenvalue weighted by Gasteiger charge is 1.89. The molecule has 2 N–H and O–H groups in total. The zero-order valence-corrected chi connectivity index (χ0v) is 5.15. The van der Waals surface area contributed by atoms with Gasteiger partial charge in [-0.1, -0.05) is 0 Å². The Balaban J connectivity index is 2.90. The Morgan fingerprint density at radius 3 is 3.00 bits per heavy atom. The molecule has 4 nitrogen and oxygen atoms in total. The van der Waals surface area contributed by atoms with Crippen molar-refractivity contribution in [2.24, 2.45) is 10.7 Å². The molecule has 0 atom stereocenters. The van der Waals surface area contributed by atoms with Crippen LogP contribution in [-0.4, -0.2) is 22.8 Å². The second kappa shape index (κ2) is 2.30. The van der Waals surface area contributed by atoms with E-state index in [1.807, 2.05) is 0 Å². The molecule has 0 bridgehead atoms. The quantitative estimate of drug-likeness (QED) is 0.380. The van der Waals surface area contributed by atoms with Crippen LogP contribution >= 0.6 is 0 Å². The molecular formula is C5H8N4. The maximum atomic E-state index is 5.39. The van der Waals surface area contributed by atoms with E-state index in [0.29, 0.717) is 5.96 Å². The molecule has 1 aromatic rings. The fraction of sp³-hybridized carbons (Fsp3) is 0.200. The van der Waals surface area contributed by atoms with Gasteiger partial charge in [0.1, 0.15) is 0 Å². The first-order valence-electron chi connectivity index (χ1n) is 2.57. The summed E-state index contributed by atoms with van der Waals surface area (Å²) in [5.74, 6) is 0.403. The number of rotatable bonds is 0. The van der Waals surface area contributed by atoms with Gasteiger partial charge < -0.3 is 5.73 Å². The summed E-state index contributed by atoms with van der Waals surface area (Å²) in [5, 5.41) is 3.85. The minimum absolute atomic E-state index is 0.403. The van der Waals surface area contributed by atoms with E-state index in [-0.39, 0.29) is 0 Å². The molecule has 0 unspecified atom stereocenters. The molecule has 0 spiro atoms. The van der Waals surface area contributed by atoms with Gasteiger partial charge in [-0.05, 0) is 6.07 Å². The molecule has 0 fully saturated rings. The Hall–Kier alpha value is -1.32. The molecule has 0 radical (unpaired) electrons. The van der Waals surface area contributed by atoms with Crippen LogP contribution in [0.5, 0.6) is 0 Å². The van der Waals surface area contributed by atoms with Crippen LogP contribution in [-0.2, 0) is 0 Å². The molecule has 0 aliphatic carbocycles. The molecule has 0 saturated carbocycles. The first-order chi connectivity index (χ1) is 4.34. The van der Waals surface area contributed by atoms with Crippen molar-refractivity contribution in [2.45, 2.75) is 0 Å². The van der Waals surface area contributed by atoms with Crippen molar-refractivity contribution < 1.29 is 0 Å². The molecular weight excluding hydrogens is 116 g/mol. The van der Waals surface area contributed by atoms with Gasteiger partial charge in [0.05, 0.1) is 0 Å². The molecule has 9 heavy (non-hydrogen) atoms. The summed E-state index contributed by atoms with van der Waals surface area (Å²) in [7, 11) is 1.62. The monoisotopic (exact) mass is 124 g/mol. The third-order valence-electron chi connectivity index (χ3n) is 0.968. The van der Waals surface area contributed by atoms with E-state index < -0.39 is 0 Å². The van der Waals surface area contributed by atoms with Crippen molar-refractivity contribution in [3.63, 3.8) is 0 Å². The van der Waals surface area contributed by atoms with E-state index in [2.05, 4.69) is 10.1 Å². The highest BCUT2D eigenvalue weighted by molar-refractivity contribution is 5.79. The van der Waals surface area contributed by atoms with E-state index in [1.165, 1.54) is 4.68 Å². The van der Waals surface area contributed by atoms with Crippen LogP contribution in [0.25, 0.3) is 0 Å². The van der Waals surface area contributed by atoms with Crippen molar-refractivity contribution in [1.29, 1.82) is 0 Å². The van der Waals surface area contributed by atoms with Crippen LogP contribution in [0.4, 0.5) is 0 Å². The van der Waals surface area contributed by atoms with Crippen molar-refractivity contribution in [1.82, 2.24) is 9.78 Å². The predicted octanol–water partition coefficient (Wildman–Crippen LogP) is -0.324. The summed E-state index contributed by atoms with van der Waals surface area (Å²) in [6.07, 6.45) is 3.39. The number of aromatic nitrogens is 2. The molecule has 4 heteroatoms. The number of hydrogen-bond acceptors (Lipinski definition) is 2. The van der Waals surface area contributed by atoms with Gasteiger partial charge in [-0.3, -0.25) is 4.99 Å². The maximum Gasteiger partial charge on any atom is 0.216 e. The Morgan fingerprint density at radius 1 is 1.78 bits per heavy atom. The molecule has 0 amide bonds. The predicted molar refractivity (Wildman–Crippen MR) is 35.2 cm³/mol. The molecule has 1 heterocycles. The molecule has 48 valence electrons.